The molecular weight excluding hydrogens is 302 g/mol. The predicted molar refractivity (Wildman–Crippen MR) is 84.9 cm³/mol. The zero-order chi connectivity index (χ0) is 15.8. The summed E-state index contributed by atoms with van der Waals surface area (Å²) in [5, 5.41) is 0. The second-order valence-electron chi connectivity index (χ2n) is 6.70. The molecule has 6 heteroatoms. The van der Waals surface area contributed by atoms with E-state index in [0.29, 0.717) is 18.8 Å². The molecule has 0 radical (unpaired) electrons. The van der Waals surface area contributed by atoms with E-state index in [-0.39, 0.29) is 17.4 Å². The first-order valence-corrected chi connectivity index (χ1v) is 9.44. The molecule has 1 aliphatic carbocycles. The van der Waals surface area contributed by atoms with Gasteiger partial charge in [-0.2, -0.15) is 0 Å². The highest BCUT2D eigenvalue weighted by Gasteiger charge is 2.32. The van der Waals surface area contributed by atoms with Crippen molar-refractivity contribution in [3.63, 3.8) is 0 Å². The Hall–Kier alpha value is -1.27. The van der Waals surface area contributed by atoms with Crippen LogP contribution in [0.1, 0.15) is 38.7 Å². The monoisotopic (exact) mass is 325 g/mol. The maximum Gasteiger partial charge on any atom is 0.211 e. The number of nitrogens with one attached hydrogen (secondary N) is 1. The average Bonchev–Trinajstić information content (AvgIpc) is 3.14. The van der Waals surface area contributed by atoms with Crippen molar-refractivity contribution < 1.29 is 17.9 Å². The SMILES string of the molecule is CC1(C)Cc2cccc(OCCCS(=O)(=O)NC3CC3)c2O1. The van der Waals surface area contributed by atoms with Crippen LogP contribution in [0.15, 0.2) is 18.2 Å². The fraction of sp³-hybridized carbons (Fsp3) is 0.625. The second-order valence-corrected chi connectivity index (χ2v) is 8.57. The maximum atomic E-state index is 11.8. The standard InChI is InChI=1S/C16H23NO4S/c1-16(2)11-12-5-3-6-14(15(12)21-16)20-9-4-10-22(18,19)17-13-7-8-13/h3,5-6,13,17H,4,7-11H2,1-2H3. The molecule has 22 heavy (non-hydrogen) atoms. The lowest BCUT2D eigenvalue weighted by Crippen LogP contribution is -2.28. The van der Waals surface area contributed by atoms with Crippen molar-refractivity contribution >= 4 is 10.0 Å². The van der Waals surface area contributed by atoms with Crippen molar-refractivity contribution in [2.75, 3.05) is 12.4 Å². The van der Waals surface area contributed by atoms with Crippen molar-refractivity contribution in [2.45, 2.75) is 51.2 Å². The largest absolute Gasteiger partial charge is 0.490 e. The molecule has 0 spiro atoms. The van der Waals surface area contributed by atoms with Crippen molar-refractivity contribution in [1.82, 2.24) is 4.72 Å². The first-order valence-electron chi connectivity index (χ1n) is 7.78. The van der Waals surface area contributed by atoms with Gasteiger partial charge in [-0.3, -0.25) is 0 Å². The number of hydrogen-bond donors (Lipinski definition) is 1. The van der Waals surface area contributed by atoms with Crippen LogP contribution in [0.2, 0.25) is 0 Å². The third-order valence-electron chi connectivity index (χ3n) is 3.79. The van der Waals surface area contributed by atoms with Crippen LogP contribution >= 0.6 is 0 Å². The Labute approximate surface area is 132 Å². The van der Waals surface area contributed by atoms with Gasteiger partial charge in [0.2, 0.25) is 10.0 Å². The van der Waals surface area contributed by atoms with Gasteiger partial charge in [-0.15, -0.1) is 0 Å². The predicted octanol–water partition coefficient (Wildman–Crippen LogP) is 2.25. The Morgan fingerprint density at radius 3 is 2.86 bits per heavy atom. The normalized spacial score (nSPS) is 19.5. The second kappa shape index (κ2) is 5.74. The van der Waals surface area contributed by atoms with Crippen LogP contribution in [0, 0.1) is 0 Å². The van der Waals surface area contributed by atoms with Gasteiger partial charge in [0.05, 0.1) is 12.4 Å². The average molecular weight is 325 g/mol. The quantitative estimate of drug-likeness (QED) is 0.781. The van der Waals surface area contributed by atoms with E-state index in [1.807, 2.05) is 32.0 Å². The number of benzene rings is 1. The van der Waals surface area contributed by atoms with E-state index < -0.39 is 10.0 Å². The van der Waals surface area contributed by atoms with Crippen LogP contribution in [0.4, 0.5) is 0 Å². The number of rotatable bonds is 7. The number of sulfonamides is 1. The fourth-order valence-corrected chi connectivity index (χ4v) is 4.01. The third kappa shape index (κ3) is 3.93. The molecule has 1 aliphatic heterocycles. The lowest BCUT2D eigenvalue weighted by molar-refractivity contribution is 0.132. The minimum absolute atomic E-state index is 0.102. The van der Waals surface area contributed by atoms with Gasteiger partial charge in [-0.05, 0) is 39.2 Å². The Morgan fingerprint density at radius 2 is 2.14 bits per heavy atom. The van der Waals surface area contributed by atoms with E-state index in [4.69, 9.17) is 9.47 Å². The molecule has 1 heterocycles. The van der Waals surface area contributed by atoms with Gasteiger partial charge < -0.3 is 9.47 Å². The highest BCUT2D eigenvalue weighted by atomic mass is 32.2. The molecular formula is C16H23NO4S. The zero-order valence-corrected chi connectivity index (χ0v) is 13.9. The molecule has 5 nitrogen and oxygen atoms in total. The molecule has 0 amide bonds. The molecule has 1 aromatic carbocycles. The summed E-state index contributed by atoms with van der Waals surface area (Å²) in [4.78, 5) is 0. The van der Waals surface area contributed by atoms with Crippen LogP contribution < -0.4 is 14.2 Å². The Morgan fingerprint density at radius 1 is 1.36 bits per heavy atom. The minimum Gasteiger partial charge on any atom is -0.490 e. The van der Waals surface area contributed by atoms with Gasteiger partial charge in [-0.25, -0.2) is 13.1 Å². The molecule has 1 fully saturated rings. The van der Waals surface area contributed by atoms with Crippen molar-refractivity contribution in [2.24, 2.45) is 0 Å². The van der Waals surface area contributed by atoms with Crippen LogP contribution in [0.3, 0.4) is 0 Å². The molecule has 0 saturated heterocycles. The Bertz CT molecular complexity index is 650. The van der Waals surface area contributed by atoms with Crippen LogP contribution in [-0.4, -0.2) is 32.4 Å². The molecule has 122 valence electrons. The molecule has 0 aromatic heterocycles. The number of para-hydroxylation sites is 1. The number of hydrogen-bond acceptors (Lipinski definition) is 4. The summed E-state index contributed by atoms with van der Waals surface area (Å²) in [5.74, 6) is 1.60. The molecule has 3 rings (SSSR count). The van der Waals surface area contributed by atoms with Crippen LogP contribution in [0.25, 0.3) is 0 Å². The molecule has 1 N–H and O–H groups in total. The minimum atomic E-state index is -3.16. The summed E-state index contributed by atoms with van der Waals surface area (Å²) in [6.45, 7) is 4.46. The van der Waals surface area contributed by atoms with E-state index in [2.05, 4.69) is 4.72 Å². The summed E-state index contributed by atoms with van der Waals surface area (Å²) in [6.07, 6.45) is 3.24. The van der Waals surface area contributed by atoms with Gasteiger partial charge in [0.25, 0.3) is 0 Å². The van der Waals surface area contributed by atoms with E-state index in [1.54, 1.807) is 0 Å². The molecule has 2 aliphatic rings. The van der Waals surface area contributed by atoms with Crippen molar-refractivity contribution in [3.05, 3.63) is 23.8 Å². The van der Waals surface area contributed by atoms with Gasteiger partial charge in [0, 0.05) is 18.0 Å². The summed E-state index contributed by atoms with van der Waals surface area (Å²) >= 11 is 0. The third-order valence-corrected chi connectivity index (χ3v) is 5.31. The highest BCUT2D eigenvalue weighted by molar-refractivity contribution is 7.89. The Balaban J connectivity index is 1.52. The summed E-state index contributed by atoms with van der Waals surface area (Å²) in [5.41, 5.74) is 0.935. The van der Waals surface area contributed by atoms with E-state index in [1.165, 1.54) is 0 Å². The lowest BCUT2D eigenvalue weighted by Gasteiger charge is -2.18. The number of fused-ring (bicyclic) bond motifs is 1. The molecule has 0 unspecified atom stereocenters. The topological polar surface area (TPSA) is 64.6 Å². The Kier molecular flexibility index (Phi) is 4.07. The summed E-state index contributed by atoms with van der Waals surface area (Å²) < 4.78 is 37.9. The summed E-state index contributed by atoms with van der Waals surface area (Å²) in [6, 6.07) is 6.03. The van der Waals surface area contributed by atoms with Gasteiger partial charge >= 0.3 is 0 Å². The molecule has 1 saturated carbocycles. The molecule has 0 bridgehead atoms. The fourth-order valence-electron chi connectivity index (χ4n) is 2.65. The van der Waals surface area contributed by atoms with Gasteiger partial charge in [-0.1, -0.05) is 12.1 Å². The number of ether oxygens (including phenoxy) is 2. The van der Waals surface area contributed by atoms with Gasteiger partial charge in [0.15, 0.2) is 11.5 Å². The van der Waals surface area contributed by atoms with Crippen molar-refractivity contribution in [3.8, 4) is 11.5 Å². The maximum absolute atomic E-state index is 11.8. The highest BCUT2D eigenvalue weighted by Crippen LogP contribution is 2.41. The lowest BCUT2D eigenvalue weighted by atomic mass is 10.0. The first kappa shape index (κ1) is 15.6. The van der Waals surface area contributed by atoms with E-state index in [0.717, 1.165) is 30.6 Å². The first-order chi connectivity index (χ1) is 10.3. The van der Waals surface area contributed by atoms with E-state index in [9.17, 15) is 8.42 Å². The molecule has 0 atom stereocenters. The van der Waals surface area contributed by atoms with E-state index >= 15 is 0 Å². The zero-order valence-electron chi connectivity index (χ0n) is 13.1. The van der Waals surface area contributed by atoms with Crippen LogP contribution in [0.5, 0.6) is 11.5 Å². The van der Waals surface area contributed by atoms with Crippen LogP contribution in [-0.2, 0) is 16.4 Å². The molecule has 1 aromatic rings. The summed E-state index contributed by atoms with van der Waals surface area (Å²) in [7, 11) is -3.16. The van der Waals surface area contributed by atoms with Gasteiger partial charge in [0.1, 0.15) is 5.60 Å². The smallest absolute Gasteiger partial charge is 0.211 e. The van der Waals surface area contributed by atoms with Crippen molar-refractivity contribution in [1.29, 1.82) is 0 Å².